The smallest absolute Gasteiger partial charge is 0.131 e. The molecule has 1 saturated heterocycles. The summed E-state index contributed by atoms with van der Waals surface area (Å²) in [4.78, 5) is 0. The zero-order valence-corrected chi connectivity index (χ0v) is 16.7. The van der Waals surface area contributed by atoms with E-state index in [-0.39, 0.29) is 12.4 Å². The van der Waals surface area contributed by atoms with E-state index in [1.165, 1.54) is 24.0 Å². The molecule has 0 radical (unpaired) electrons. The van der Waals surface area contributed by atoms with Crippen molar-refractivity contribution in [2.75, 3.05) is 6.54 Å². The summed E-state index contributed by atoms with van der Waals surface area (Å²) in [6, 6.07) is 29.7. The number of rotatable bonds is 6. The van der Waals surface area contributed by atoms with Gasteiger partial charge in [-0.1, -0.05) is 66.7 Å². The van der Waals surface area contributed by atoms with Crippen molar-refractivity contribution in [3.8, 4) is 11.5 Å². The first kappa shape index (κ1) is 20.4. The van der Waals surface area contributed by atoms with Gasteiger partial charge < -0.3 is 15.4 Å². The van der Waals surface area contributed by atoms with E-state index in [1.807, 2.05) is 42.5 Å². The molecular formula is C24H27ClN2O. The van der Waals surface area contributed by atoms with Crippen molar-refractivity contribution < 1.29 is 4.74 Å². The van der Waals surface area contributed by atoms with Crippen molar-refractivity contribution in [2.45, 2.75) is 31.5 Å². The predicted molar refractivity (Wildman–Crippen MR) is 117 cm³/mol. The fraction of sp³-hybridized carbons (Fsp3) is 0.250. The van der Waals surface area contributed by atoms with Gasteiger partial charge in [0.15, 0.2) is 0 Å². The van der Waals surface area contributed by atoms with Gasteiger partial charge in [-0.25, -0.2) is 0 Å². The third kappa shape index (κ3) is 5.14. The summed E-state index contributed by atoms with van der Waals surface area (Å²) in [5.74, 6) is 1.78. The third-order valence-electron chi connectivity index (χ3n) is 5.12. The molecule has 1 aliphatic rings. The van der Waals surface area contributed by atoms with E-state index in [9.17, 15) is 0 Å². The Bertz CT molecular complexity index is 841. The molecule has 146 valence electrons. The summed E-state index contributed by atoms with van der Waals surface area (Å²) in [5.41, 5.74) is 2.53. The molecule has 4 heteroatoms. The van der Waals surface area contributed by atoms with Crippen LogP contribution in [0.3, 0.4) is 0 Å². The van der Waals surface area contributed by atoms with Crippen LogP contribution >= 0.6 is 12.4 Å². The van der Waals surface area contributed by atoms with Crippen molar-refractivity contribution in [3.63, 3.8) is 0 Å². The molecule has 1 aliphatic heterocycles. The minimum atomic E-state index is 0. The molecule has 0 amide bonds. The molecule has 0 bridgehead atoms. The van der Waals surface area contributed by atoms with Crippen LogP contribution in [-0.2, 0) is 6.54 Å². The Labute approximate surface area is 173 Å². The molecule has 0 spiro atoms. The van der Waals surface area contributed by atoms with Crippen molar-refractivity contribution >= 4 is 12.4 Å². The second-order valence-corrected chi connectivity index (χ2v) is 6.99. The molecule has 1 heterocycles. The quantitative estimate of drug-likeness (QED) is 0.580. The summed E-state index contributed by atoms with van der Waals surface area (Å²) in [7, 11) is 0. The van der Waals surface area contributed by atoms with Gasteiger partial charge in [-0.2, -0.15) is 0 Å². The van der Waals surface area contributed by atoms with Gasteiger partial charge in [0, 0.05) is 24.2 Å². The number of nitrogens with one attached hydrogen (secondary N) is 2. The maximum absolute atomic E-state index is 6.11. The molecule has 28 heavy (non-hydrogen) atoms. The summed E-state index contributed by atoms with van der Waals surface area (Å²) >= 11 is 0. The van der Waals surface area contributed by atoms with Gasteiger partial charge in [-0.15, -0.1) is 12.4 Å². The van der Waals surface area contributed by atoms with Crippen molar-refractivity contribution in [2.24, 2.45) is 0 Å². The number of ether oxygens (including phenoxy) is 1. The number of piperidine rings is 1. The normalized spacial score (nSPS) is 18.9. The van der Waals surface area contributed by atoms with Gasteiger partial charge in [0.05, 0.1) is 0 Å². The zero-order chi connectivity index (χ0) is 18.3. The predicted octanol–water partition coefficient (Wildman–Crippen LogP) is 5.48. The lowest BCUT2D eigenvalue weighted by molar-refractivity contribution is 0.303. The fourth-order valence-corrected chi connectivity index (χ4v) is 3.72. The highest BCUT2D eigenvalue weighted by Gasteiger charge is 2.25. The molecule has 4 rings (SSSR count). The average molecular weight is 395 g/mol. The number of benzene rings is 3. The standard InChI is InChI=1S/C24H26N2O.ClH/c1-3-10-19(11-4-1)24-22(15-9-17-25-24)26-18-20-12-7-8-16-23(20)27-21-13-5-2-6-14-21;/h1-8,10-14,16,22,24-26H,9,15,17-18H2;1H. The number of hydrogen-bond acceptors (Lipinski definition) is 3. The molecule has 2 atom stereocenters. The molecule has 2 N–H and O–H groups in total. The Morgan fingerprint density at radius 2 is 1.54 bits per heavy atom. The van der Waals surface area contributed by atoms with E-state index < -0.39 is 0 Å². The molecule has 0 aliphatic carbocycles. The van der Waals surface area contributed by atoms with E-state index in [0.29, 0.717) is 12.1 Å². The molecule has 2 unspecified atom stereocenters. The first-order chi connectivity index (χ1) is 13.4. The van der Waals surface area contributed by atoms with Gasteiger partial charge in [0.1, 0.15) is 11.5 Å². The molecule has 0 saturated carbocycles. The van der Waals surface area contributed by atoms with Crippen molar-refractivity contribution in [1.29, 1.82) is 0 Å². The monoisotopic (exact) mass is 394 g/mol. The maximum Gasteiger partial charge on any atom is 0.131 e. The van der Waals surface area contributed by atoms with E-state index in [4.69, 9.17) is 4.74 Å². The molecule has 3 nitrogen and oxygen atoms in total. The van der Waals surface area contributed by atoms with Crippen LogP contribution in [0.15, 0.2) is 84.9 Å². The van der Waals surface area contributed by atoms with Gasteiger partial charge in [0.2, 0.25) is 0 Å². The lowest BCUT2D eigenvalue weighted by Crippen LogP contribution is -2.45. The molecule has 3 aromatic rings. The largest absolute Gasteiger partial charge is 0.457 e. The van der Waals surface area contributed by atoms with Crippen LogP contribution in [0.25, 0.3) is 0 Å². The highest BCUT2D eigenvalue weighted by atomic mass is 35.5. The van der Waals surface area contributed by atoms with Crippen LogP contribution in [0.1, 0.15) is 30.0 Å². The molecular weight excluding hydrogens is 368 g/mol. The van der Waals surface area contributed by atoms with Crippen molar-refractivity contribution in [3.05, 3.63) is 96.1 Å². The van der Waals surface area contributed by atoms with E-state index >= 15 is 0 Å². The second kappa shape index (κ2) is 10.3. The summed E-state index contributed by atoms with van der Waals surface area (Å²) in [6.07, 6.45) is 2.37. The van der Waals surface area contributed by atoms with Gasteiger partial charge in [-0.3, -0.25) is 0 Å². The SMILES string of the molecule is Cl.c1ccc(Oc2ccccc2CNC2CCCNC2c2ccccc2)cc1. The van der Waals surface area contributed by atoms with Crippen LogP contribution in [0.4, 0.5) is 0 Å². The summed E-state index contributed by atoms with van der Waals surface area (Å²) in [6.45, 7) is 1.87. The minimum Gasteiger partial charge on any atom is -0.457 e. The average Bonchev–Trinajstić information content (AvgIpc) is 2.75. The van der Waals surface area contributed by atoms with Gasteiger partial charge in [-0.05, 0) is 43.1 Å². The Morgan fingerprint density at radius 3 is 2.32 bits per heavy atom. The Kier molecular flexibility index (Phi) is 7.49. The fourth-order valence-electron chi connectivity index (χ4n) is 3.72. The number of para-hydroxylation sites is 2. The summed E-state index contributed by atoms with van der Waals surface area (Å²) in [5, 5.41) is 7.45. The van der Waals surface area contributed by atoms with E-state index in [0.717, 1.165) is 24.6 Å². The second-order valence-electron chi connectivity index (χ2n) is 6.99. The van der Waals surface area contributed by atoms with E-state index in [1.54, 1.807) is 0 Å². The molecule has 1 fully saturated rings. The molecule has 3 aromatic carbocycles. The maximum atomic E-state index is 6.11. The lowest BCUT2D eigenvalue weighted by atomic mass is 9.92. The van der Waals surface area contributed by atoms with Crippen LogP contribution < -0.4 is 15.4 Å². The Balaban J connectivity index is 0.00000225. The minimum absolute atomic E-state index is 0. The number of halogens is 1. The lowest BCUT2D eigenvalue weighted by Gasteiger charge is -2.34. The van der Waals surface area contributed by atoms with Crippen LogP contribution in [0, 0.1) is 0 Å². The first-order valence-electron chi connectivity index (χ1n) is 9.73. The topological polar surface area (TPSA) is 33.3 Å². The summed E-state index contributed by atoms with van der Waals surface area (Å²) < 4.78 is 6.11. The van der Waals surface area contributed by atoms with Gasteiger partial charge >= 0.3 is 0 Å². The third-order valence-corrected chi connectivity index (χ3v) is 5.12. The van der Waals surface area contributed by atoms with Crippen LogP contribution in [-0.4, -0.2) is 12.6 Å². The van der Waals surface area contributed by atoms with E-state index in [2.05, 4.69) is 53.1 Å². The Hall–Kier alpha value is -2.33. The highest BCUT2D eigenvalue weighted by Crippen LogP contribution is 2.27. The number of hydrogen-bond donors (Lipinski definition) is 2. The van der Waals surface area contributed by atoms with Crippen LogP contribution in [0.2, 0.25) is 0 Å². The molecule has 0 aromatic heterocycles. The van der Waals surface area contributed by atoms with Crippen molar-refractivity contribution in [1.82, 2.24) is 10.6 Å². The van der Waals surface area contributed by atoms with Crippen LogP contribution in [0.5, 0.6) is 11.5 Å². The van der Waals surface area contributed by atoms with Gasteiger partial charge in [0.25, 0.3) is 0 Å². The highest BCUT2D eigenvalue weighted by molar-refractivity contribution is 5.85. The first-order valence-corrected chi connectivity index (χ1v) is 9.73. The Morgan fingerprint density at radius 1 is 0.857 bits per heavy atom. The zero-order valence-electron chi connectivity index (χ0n) is 15.9.